The van der Waals surface area contributed by atoms with Crippen LogP contribution in [0.15, 0.2) is 30.5 Å². The number of aromatic nitrogens is 2. The first-order chi connectivity index (χ1) is 9.74. The van der Waals surface area contributed by atoms with Crippen LogP contribution in [-0.4, -0.2) is 22.0 Å². The number of phenolic OH excluding ortho intramolecular Hbond substituents is 1. The monoisotopic (exact) mass is 311 g/mol. The van der Waals surface area contributed by atoms with Crippen LogP contribution in [0.4, 0.5) is 0 Å². The molecular formula is C15H22ClN3O2. The van der Waals surface area contributed by atoms with Gasteiger partial charge in [0.1, 0.15) is 0 Å². The van der Waals surface area contributed by atoms with E-state index >= 15 is 0 Å². The van der Waals surface area contributed by atoms with E-state index in [1.165, 1.54) is 5.69 Å². The molecule has 0 radical (unpaired) electrons. The van der Waals surface area contributed by atoms with Crippen LogP contribution in [0.5, 0.6) is 11.5 Å². The Kier molecular flexibility index (Phi) is 7.05. The maximum absolute atomic E-state index is 9.55. The van der Waals surface area contributed by atoms with Gasteiger partial charge in [-0.3, -0.25) is 4.68 Å². The second-order valence-corrected chi connectivity index (χ2v) is 4.66. The average Bonchev–Trinajstić information content (AvgIpc) is 2.89. The highest BCUT2D eigenvalue weighted by molar-refractivity contribution is 5.85. The fourth-order valence-electron chi connectivity index (χ4n) is 2.09. The van der Waals surface area contributed by atoms with Crippen LogP contribution in [0, 0.1) is 0 Å². The van der Waals surface area contributed by atoms with Crippen LogP contribution in [0.2, 0.25) is 0 Å². The van der Waals surface area contributed by atoms with Crippen molar-refractivity contribution in [1.82, 2.24) is 15.1 Å². The third-order valence-electron chi connectivity index (χ3n) is 3.12. The molecule has 0 atom stereocenters. The minimum absolute atomic E-state index is 0. The summed E-state index contributed by atoms with van der Waals surface area (Å²) in [6, 6.07) is 7.40. The molecule has 116 valence electrons. The van der Waals surface area contributed by atoms with Crippen molar-refractivity contribution in [1.29, 1.82) is 0 Å². The minimum atomic E-state index is 0. The number of halogens is 1. The number of rotatable bonds is 7. The third kappa shape index (κ3) is 4.65. The Hall–Kier alpha value is -1.72. The normalized spacial score (nSPS) is 10.2. The van der Waals surface area contributed by atoms with Gasteiger partial charge in [-0.2, -0.15) is 5.10 Å². The number of ether oxygens (including phenoxy) is 1. The van der Waals surface area contributed by atoms with Gasteiger partial charge in [-0.1, -0.05) is 13.0 Å². The molecule has 5 nitrogen and oxygen atoms in total. The molecule has 21 heavy (non-hydrogen) atoms. The standard InChI is InChI=1S/C15H21N3O2.ClH/c1-3-8-18-13(6-7-17-18)11-16-10-12-4-5-14(19)15(9-12)20-2;/h4-7,9,16,19H,3,8,10-11H2,1-2H3;1H. The van der Waals surface area contributed by atoms with Gasteiger partial charge in [-0.05, 0) is 30.2 Å². The molecule has 0 saturated carbocycles. The molecule has 2 rings (SSSR count). The zero-order valence-electron chi connectivity index (χ0n) is 12.4. The number of nitrogens with one attached hydrogen (secondary N) is 1. The van der Waals surface area contributed by atoms with Gasteiger partial charge in [0.2, 0.25) is 0 Å². The van der Waals surface area contributed by atoms with Gasteiger partial charge < -0.3 is 15.2 Å². The van der Waals surface area contributed by atoms with Gasteiger partial charge in [0.25, 0.3) is 0 Å². The Morgan fingerprint density at radius 3 is 2.81 bits per heavy atom. The number of aryl methyl sites for hydroxylation is 1. The predicted octanol–water partition coefficient (Wildman–Crippen LogP) is 2.72. The van der Waals surface area contributed by atoms with Crippen molar-refractivity contribution in [3.63, 3.8) is 0 Å². The highest BCUT2D eigenvalue weighted by atomic mass is 35.5. The molecule has 1 aromatic carbocycles. The molecule has 0 spiro atoms. The van der Waals surface area contributed by atoms with E-state index < -0.39 is 0 Å². The van der Waals surface area contributed by atoms with E-state index in [9.17, 15) is 5.11 Å². The van der Waals surface area contributed by atoms with E-state index in [1.54, 1.807) is 13.2 Å². The Balaban J connectivity index is 0.00000220. The van der Waals surface area contributed by atoms with Gasteiger partial charge in [0.15, 0.2) is 11.5 Å². The number of hydrogen-bond acceptors (Lipinski definition) is 4. The van der Waals surface area contributed by atoms with Crippen LogP contribution >= 0.6 is 12.4 Å². The summed E-state index contributed by atoms with van der Waals surface area (Å²) in [7, 11) is 1.55. The molecule has 0 bridgehead atoms. The number of methoxy groups -OCH3 is 1. The van der Waals surface area contributed by atoms with E-state index in [0.717, 1.165) is 25.1 Å². The summed E-state index contributed by atoms with van der Waals surface area (Å²) < 4.78 is 7.12. The largest absolute Gasteiger partial charge is 0.504 e. The highest BCUT2D eigenvalue weighted by Gasteiger charge is 2.04. The summed E-state index contributed by atoms with van der Waals surface area (Å²) in [5, 5.41) is 17.2. The fourth-order valence-corrected chi connectivity index (χ4v) is 2.09. The van der Waals surface area contributed by atoms with Crippen LogP contribution < -0.4 is 10.1 Å². The third-order valence-corrected chi connectivity index (χ3v) is 3.12. The maximum atomic E-state index is 9.55. The lowest BCUT2D eigenvalue weighted by atomic mass is 10.2. The molecule has 1 heterocycles. The number of hydrogen-bond donors (Lipinski definition) is 2. The van der Waals surface area contributed by atoms with Gasteiger partial charge in [0.05, 0.1) is 12.8 Å². The summed E-state index contributed by atoms with van der Waals surface area (Å²) in [6.45, 7) is 4.57. The Labute approximate surface area is 131 Å². The zero-order valence-corrected chi connectivity index (χ0v) is 13.2. The molecule has 1 aromatic heterocycles. The van der Waals surface area contributed by atoms with Crippen molar-refractivity contribution in [2.24, 2.45) is 0 Å². The maximum Gasteiger partial charge on any atom is 0.160 e. The Bertz CT molecular complexity index is 558. The number of aromatic hydroxyl groups is 1. The number of phenols is 1. The van der Waals surface area contributed by atoms with E-state index in [4.69, 9.17) is 4.74 Å². The van der Waals surface area contributed by atoms with Gasteiger partial charge >= 0.3 is 0 Å². The molecule has 2 aromatic rings. The summed E-state index contributed by atoms with van der Waals surface area (Å²) in [5.74, 6) is 0.664. The second-order valence-electron chi connectivity index (χ2n) is 4.66. The van der Waals surface area contributed by atoms with Gasteiger partial charge in [-0.25, -0.2) is 0 Å². The summed E-state index contributed by atoms with van der Waals surface area (Å²) in [6.07, 6.45) is 2.90. The first kappa shape index (κ1) is 17.3. The van der Waals surface area contributed by atoms with E-state index in [1.807, 2.05) is 29.1 Å². The first-order valence-electron chi connectivity index (χ1n) is 6.82. The second kappa shape index (κ2) is 8.54. The van der Waals surface area contributed by atoms with E-state index in [-0.39, 0.29) is 18.2 Å². The SMILES string of the molecule is CCCn1nccc1CNCc1ccc(O)c(OC)c1.Cl. The quantitative estimate of drug-likeness (QED) is 0.825. The summed E-state index contributed by atoms with van der Waals surface area (Å²) in [5.41, 5.74) is 2.25. The summed E-state index contributed by atoms with van der Waals surface area (Å²) >= 11 is 0. The van der Waals surface area contributed by atoms with E-state index in [0.29, 0.717) is 12.3 Å². The molecule has 0 saturated heterocycles. The number of benzene rings is 1. The smallest absolute Gasteiger partial charge is 0.160 e. The molecule has 6 heteroatoms. The van der Waals surface area contributed by atoms with Gasteiger partial charge in [-0.15, -0.1) is 12.4 Å². The molecule has 0 aliphatic rings. The fraction of sp³-hybridized carbons (Fsp3) is 0.400. The van der Waals surface area contributed by atoms with Gasteiger partial charge in [0, 0.05) is 25.8 Å². The van der Waals surface area contributed by atoms with Crippen molar-refractivity contribution < 1.29 is 9.84 Å². The molecule has 0 aliphatic carbocycles. The molecule has 0 unspecified atom stereocenters. The molecule has 0 amide bonds. The Morgan fingerprint density at radius 1 is 1.29 bits per heavy atom. The lowest BCUT2D eigenvalue weighted by Crippen LogP contribution is -2.16. The topological polar surface area (TPSA) is 59.3 Å². The van der Waals surface area contributed by atoms with Crippen LogP contribution in [0.3, 0.4) is 0 Å². The predicted molar refractivity (Wildman–Crippen MR) is 85.0 cm³/mol. The first-order valence-corrected chi connectivity index (χ1v) is 6.82. The summed E-state index contributed by atoms with van der Waals surface area (Å²) in [4.78, 5) is 0. The average molecular weight is 312 g/mol. The number of nitrogens with zero attached hydrogens (tertiary/aromatic N) is 2. The molecular weight excluding hydrogens is 290 g/mol. The highest BCUT2D eigenvalue weighted by Crippen LogP contribution is 2.26. The van der Waals surface area contributed by atoms with Crippen molar-refractivity contribution in [2.75, 3.05) is 7.11 Å². The Morgan fingerprint density at radius 2 is 2.10 bits per heavy atom. The van der Waals surface area contributed by atoms with Crippen molar-refractivity contribution >= 4 is 12.4 Å². The van der Waals surface area contributed by atoms with Crippen molar-refractivity contribution in [3.05, 3.63) is 41.7 Å². The van der Waals surface area contributed by atoms with E-state index in [2.05, 4.69) is 17.3 Å². The van der Waals surface area contributed by atoms with Crippen LogP contribution in [-0.2, 0) is 19.6 Å². The zero-order chi connectivity index (χ0) is 14.4. The molecule has 0 fully saturated rings. The van der Waals surface area contributed by atoms with Crippen LogP contribution in [0.25, 0.3) is 0 Å². The lowest BCUT2D eigenvalue weighted by molar-refractivity contribution is 0.372. The molecule has 2 N–H and O–H groups in total. The minimum Gasteiger partial charge on any atom is -0.504 e. The van der Waals surface area contributed by atoms with Crippen molar-refractivity contribution in [3.8, 4) is 11.5 Å². The lowest BCUT2D eigenvalue weighted by Gasteiger charge is -2.09. The van der Waals surface area contributed by atoms with Crippen LogP contribution in [0.1, 0.15) is 24.6 Å². The molecule has 0 aliphatic heterocycles. The van der Waals surface area contributed by atoms with Crippen molar-refractivity contribution in [2.45, 2.75) is 33.0 Å².